The van der Waals surface area contributed by atoms with Crippen molar-refractivity contribution < 1.29 is 14.2 Å². The third-order valence-corrected chi connectivity index (χ3v) is 1.79. The zero-order valence-electron chi connectivity index (χ0n) is 10.2. The fraction of sp³-hybridized carbons (Fsp3) is 0.500. The van der Waals surface area contributed by atoms with Crippen LogP contribution in [0.1, 0.15) is 20.8 Å². The molecular formula is C10H18N5O2+. The highest BCUT2D eigenvalue weighted by atomic mass is 16.6. The van der Waals surface area contributed by atoms with Crippen LogP contribution in [0.25, 0.3) is 0 Å². The molecule has 94 valence electrons. The number of alkyl carbamates (subject to hydrolysis) is 1. The van der Waals surface area contributed by atoms with Crippen LogP contribution >= 0.6 is 0 Å². The highest BCUT2D eigenvalue weighted by molar-refractivity contribution is 5.75. The van der Waals surface area contributed by atoms with E-state index in [-0.39, 0.29) is 12.6 Å². The summed E-state index contributed by atoms with van der Waals surface area (Å²) >= 11 is 0. The molecular weight excluding hydrogens is 222 g/mol. The lowest BCUT2D eigenvalue weighted by Crippen LogP contribution is -2.53. The van der Waals surface area contributed by atoms with Crippen LogP contribution in [-0.2, 0) is 11.4 Å². The summed E-state index contributed by atoms with van der Waals surface area (Å²) in [4.78, 5) is 11.4. The van der Waals surface area contributed by atoms with Gasteiger partial charge in [-0.15, -0.1) is 0 Å². The molecule has 0 saturated carbocycles. The van der Waals surface area contributed by atoms with Gasteiger partial charge in [0.2, 0.25) is 0 Å². The van der Waals surface area contributed by atoms with E-state index in [4.69, 9.17) is 15.9 Å². The molecule has 0 unspecified atom stereocenters. The van der Waals surface area contributed by atoms with E-state index in [1.54, 1.807) is 43.9 Å². The highest BCUT2D eigenvalue weighted by Crippen LogP contribution is 2.05. The number of nitrogens with one attached hydrogen (secondary N) is 2. The number of carbonyl (C=O) groups is 1. The van der Waals surface area contributed by atoms with Crippen LogP contribution in [0.15, 0.2) is 18.5 Å². The van der Waals surface area contributed by atoms with E-state index in [1.807, 2.05) is 0 Å². The molecule has 1 rings (SSSR count). The Labute approximate surface area is 99.7 Å². The van der Waals surface area contributed by atoms with Crippen molar-refractivity contribution in [3.63, 3.8) is 0 Å². The smallest absolute Gasteiger partial charge is 0.412 e. The van der Waals surface area contributed by atoms with Crippen molar-refractivity contribution >= 4 is 12.1 Å². The van der Waals surface area contributed by atoms with Crippen LogP contribution < -0.4 is 15.7 Å². The predicted molar refractivity (Wildman–Crippen MR) is 61.3 cm³/mol. The van der Waals surface area contributed by atoms with Crippen LogP contribution in [0.3, 0.4) is 0 Å². The van der Waals surface area contributed by atoms with E-state index in [0.717, 1.165) is 0 Å². The Balaban J connectivity index is 2.53. The van der Waals surface area contributed by atoms with Gasteiger partial charge < -0.3 is 10.5 Å². The normalized spacial score (nSPS) is 11.0. The molecule has 1 aromatic heterocycles. The van der Waals surface area contributed by atoms with Gasteiger partial charge in [0, 0.05) is 6.07 Å². The van der Waals surface area contributed by atoms with Gasteiger partial charge in [0.25, 0.3) is 12.6 Å². The molecule has 17 heavy (non-hydrogen) atoms. The summed E-state index contributed by atoms with van der Waals surface area (Å²) in [6, 6.07) is 1.72. The Bertz CT molecular complexity index is 419. The minimum Gasteiger partial charge on any atom is -0.444 e. The lowest BCUT2D eigenvalue weighted by atomic mass is 10.2. The van der Waals surface area contributed by atoms with Crippen LogP contribution in [0.2, 0.25) is 0 Å². The van der Waals surface area contributed by atoms with Gasteiger partial charge in [0.05, 0.1) is 6.20 Å². The number of rotatable bonds is 2. The molecule has 7 heteroatoms. The third-order valence-electron chi connectivity index (χ3n) is 1.79. The average Bonchev–Trinajstić information content (AvgIpc) is 2.59. The Morgan fingerprint density at radius 3 is 2.76 bits per heavy atom. The summed E-state index contributed by atoms with van der Waals surface area (Å²) < 4.78 is 8.05. The van der Waals surface area contributed by atoms with Gasteiger partial charge in [-0.1, -0.05) is 9.36 Å². The average molecular weight is 240 g/mol. The van der Waals surface area contributed by atoms with Crippen molar-refractivity contribution in [2.75, 3.05) is 0 Å². The van der Waals surface area contributed by atoms with E-state index in [0.29, 0.717) is 0 Å². The maximum atomic E-state index is 11.4. The Morgan fingerprint density at radius 1 is 1.59 bits per heavy atom. The van der Waals surface area contributed by atoms with Crippen molar-refractivity contribution in [1.82, 2.24) is 10.00 Å². The van der Waals surface area contributed by atoms with Gasteiger partial charge in [-0.05, 0) is 20.8 Å². The highest BCUT2D eigenvalue weighted by Gasteiger charge is 2.18. The third kappa shape index (κ3) is 4.13. The summed E-state index contributed by atoms with van der Waals surface area (Å²) in [7, 11) is 0. The lowest BCUT2D eigenvalue weighted by molar-refractivity contribution is -0.766. The van der Waals surface area contributed by atoms with Crippen LogP contribution in [0, 0.1) is 5.41 Å². The second kappa shape index (κ2) is 4.86. The first-order valence-corrected chi connectivity index (χ1v) is 5.18. The summed E-state index contributed by atoms with van der Waals surface area (Å²) in [6.07, 6.45) is 2.80. The van der Waals surface area contributed by atoms with E-state index in [1.165, 1.54) is 4.68 Å². The number of amides is 1. The van der Waals surface area contributed by atoms with Crippen LogP contribution in [-0.4, -0.2) is 22.3 Å². The van der Waals surface area contributed by atoms with Crippen molar-refractivity contribution in [2.45, 2.75) is 33.0 Å². The molecule has 1 aromatic rings. The number of nitrogens with two attached hydrogens (primary N) is 1. The first kappa shape index (κ1) is 13.0. The zero-order valence-corrected chi connectivity index (χ0v) is 10.2. The summed E-state index contributed by atoms with van der Waals surface area (Å²) in [5, 5.41) is 9.86. The molecule has 0 radical (unpaired) electrons. The molecule has 1 heterocycles. The van der Waals surface area contributed by atoms with E-state index in [9.17, 15) is 4.79 Å². The molecule has 7 nitrogen and oxygen atoms in total. The van der Waals surface area contributed by atoms with Crippen LogP contribution in [0.4, 0.5) is 4.79 Å². The van der Waals surface area contributed by atoms with E-state index >= 15 is 0 Å². The summed E-state index contributed by atoms with van der Waals surface area (Å²) in [6.45, 7) is 5.55. The molecule has 0 atom stereocenters. The minimum absolute atomic E-state index is 0.124. The molecule has 0 saturated heterocycles. The fourth-order valence-corrected chi connectivity index (χ4v) is 1.18. The molecule has 0 spiro atoms. The number of aromatic nitrogens is 2. The Hall–Kier alpha value is -2.05. The monoisotopic (exact) mass is 240 g/mol. The van der Waals surface area contributed by atoms with Gasteiger partial charge in [-0.2, -0.15) is 0 Å². The first-order valence-electron chi connectivity index (χ1n) is 5.18. The molecule has 0 fully saturated rings. The fourth-order valence-electron chi connectivity index (χ4n) is 1.18. The Kier molecular flexibility index (Phi) is 3.72. The molecule has 0 aromatic carbocycles. The van der Waals surface area contributed by atoms with Gasteiger partial charge in [0.15, 0.2) is 6.20 Å². The lowest BCUT2D eigenvalue weighted by Gasteiger charge is -2.18. The predicted octanol–water partition coefficient (Wildman–Crippen LogP) is -0.000630. The molecule has 0 aliphatic rings. The Morgan fingerprint density at radius 2 is 2.24 bits per heavy atom. The quantitative estimate of drug-likeness (QED) is 0.385. The number of nitrogens with zero attached hydrogens (tertiary/aromatic N) is 2. The van der Waals surface area contributed by atoms with E-state index in [2.05, 4.69) is 5.32 Å². The van der Waals surface area contributed by atoms with Crippen LogP contribution in [0.5, 0.6) is 0 Å². The number of hydrogen-bond acceptors (Lipinski definition) is 3. The molecule has 0 aliphatic carbocycles. The molecule has 1 amide bonds. The largest absolute Gasteiger partial charge is 0.444 e. The van der Waals surface area contributed by atoms with Crippen molar-refractivity contribution in [3.8, 4) is 0 Å². The second-order valence-corrected chi connectivity index (χ2v) is 4.50. The molecule has 4 N–H and O–H groups in total. The second-order valence-electron chi connectivity index (χ2n) is 4.50. The van der Waals surface area contributed by atoms with Gasteiger partial charge in [-0.3, -0.25) is 10.7 Å². The minimum atomic E-state index is -0.530. The maximum Gasteiger partial charge on any atom is 0.412 e. The number of ether oxygens (including phenoxy) is 1. The van der Waals surface area contributed by atoms with Gasteiger partial charge in [0.1, 0.15) is 5.60 Å². The van der Waals surface area contributed by atoms with Crippen molar-refractivity contribution in [2.24, 2.45) is 5.73 Å². The maximum absolute atomic E-state index is 11.4. The van der Waals surface area contributed by atoms with Gasteiger partial charge in [-0.25, -0.2) is 4.79 Å². The SMILES string of the molecule is CC(C)(C)OC(=O)NC[n+]1cccn1C(=N)N. The van der Waals surface area contributed by atoms with Crippen molar-refractivity contribution in [3.05, 3.63) is 18.5 Å². The molecule has 0 aliphatic heterocycles. The van der Waals surface area contributed by atoms with E-state index < -0.39 is 11.7 Å². The first-order chi connectivity index (χ1) is 7.79. The summed E-state index contributed by atoms with van der Waals surface area (Å²) in [5.74, 6) is -0.124. The zero-order chi connectivity index (χ0) is 13.1. The van der Waals surface area contributed by atoms with Crippen molar-refractivity contribution in [1.29, 1.82) is 5.41 Å². The standard InChI is InChI=1S/C10H17N5O2/c1-10(2,3)17-9(16)13-7-14-5-4-6-15(14)8(11)12/h4-6H,7H2,1-3H3,(H3-,11,12,13,16)/p+1. The number of carbonyl (C=O) groups excluding carboxylic acids is 1. The number of nitrogen functional groups attached to an aromatic ring is 1. The van der Waals surface area contributed by atoms with Gasteiger partial charge >= 0.3 is 6.09 Å². The summed E-state index contributed by atoms with van der Waals surface area (Å²) in [5.41, 5.74) is 4.82. The number of hydrogen-bond donors (Lipinski definition) is 3. The molecule has 0 bridgehead atoms. The topological polar surface area (TPSA) is 97.0 Å².